The summed E-state index contributed by atoms with van der Waals surface area (Å²) < 4.78 is 5.11. The lowest BCUT2D eigenvalue weighted by molar-refractivity contribution is -0.153. The summed E-state index contributed by atoms with van der Waals surface area (Å²) >= 11 is 0. The molecule has 0 aromatic heterocycles. The van der Waals surface area contributed by atoms with Crippen LogP contribution in [0.4, 0.5) is 5.69 Å². The molecular formula is C15H22N2O2. The molecule has 0 aliphatic carbocycles. The lowest BCUT2D eigenvalue weighted by atomic mass is 9.85. The third kappa shape index (κ3) is 2.80. The van der Waals surface area contributed by atoms with Gasteiger partial charge in [0.15, 0.2) is 0 Å². The van der Waals surface area contributed by atoms with E-state index in [1.807, 2.05) is 12.1 Å². The van der Waals surface area contributed by atoms with E-state index < -0.39 is 5.41 Å². The van der Waals surface area contributed by atoms with Gasteiger partial charge in [-0.05, 0) is 30.0 Å². The second-order valence-electron chi connectivity index (χ2n) is 5.36. The molecule has 0 spiro atoms. The molecule has 1 aliphatic heterocycles. The van der Waals surface area contributed by atoms with Crippen molar-refractivity contribution in [3.05, 3.63) is 29.8 Å². The van der Waals surface area contributed by atoms with Gasteiger partial charge in [-0.15, -0.1) is 0 Å². The standard InChI is InChI=1S/C15H22N2O2/c1-3-11(2)12-4-6-13(7-5-12)17-14(18)15(8-16)9-19-10-15/h4-7,11H,3,8-10,16H2,1-2H3,(H,17,18). The number of nitrogens with one attached hydrogen (secondary N) is 1. The summed E-state index contributed by atoms with van der Waals surface area (Å²) in [6.07, 6.45) is 1.11. The van der Waals surface area contributed by atoms with Gasteiger partial charge in [0.1, 0.15) is 5.41 Å². The van der Waals surface area contributed by atoms with Crippen LogP contribution >= 0.6 is 0 Å². The minimum Gasteiger partial charge on any atom is -0.379 e. The van der Waals surface area contributed by atoms with E-state index in [1.165, 1.54) is 5.56 Å². The fourth-order valence-corrected chi connectivity index (χ4v) is 2.08. The average Bonchev–Trinajstić information content (AvgIpc) is 2.38. The summed E-state index contributed by atoms with van der Waals surface area (Å²) in [5.74, 6) is 0.498. The van der Waals surface area contributed by atoms with E-state index in [2.05, 4.69) is 31.3 Å². The van der Waals surface area contributed by atoms with Crippen LogP contribution in [0.2, 0.25) is 0 Å². The molecule has 1 amide bonds. The van der Waals surface area contributed by atoms with Crippen molar-refractivity contribution in [3.63, 3.8) is 0 Å². The van der Waals surface area contributed by atoms with Crippen LogP contribution in [-0.4, -0.2) is 25.7 Å². The monoisotopic (exact) mass is 262 g/mol. The predicted molar refractivity (Wildman–Crippen MR) is 76.1 cm³/mol. The van der Waals surface area contributed by atoms with Crippen LogP contribution in [0.3, 0.4) is 0 Å². The topological polar surface area (TPSA) is 64.4 Å². The number of hydrogen-bond acceptors (Lipinski definition) is 3. The van der Waals surface area contributed by atoms with E-state index in [-0.39, 0.29) is 5.91 Å². The number of nitrogens with two attached hydrogens (primary N) is 1. The highest BCUT2D eigenvalue weighted by Crippen LogP contribution is 2.28. The maximum Gasteiger partial charge on any atom is 0.236 e. The molecule has 4 nitrogen and oxygen atoms in total. The Hall–Kier alpha value is -1.39. The Bertz CT molecular complexity index is 432. The summed E-state index contributed by atoms with van der Waals surface area (Å²) in [7, 11) is 0. The highest BCUT2D eigenvalue weighted by atomic mass is 16.5. The van der Waals surface area contributed by atoms with E-state index in [0.717, 1.165) is 12.1 Å². The Labute approximate surface area is 114 Å². The van der Waals surface area contributed by atoms with Crippen molar-refractivity contribution in [2.24, 2.45) is 11.1 Å². The molecule has 1 aromatic carbocycles. The first-order valence-electron chi connectivity index (χ1n) is 6.80. The molecule has 1 unspecified atom stereocenters. The number of amides is 1. The fraction of sp³-hybridized carbons (Fsp3) is 0.533. The van der Waals surface area contributed by atoms with Crippen LogP contribution in [0, 0.1) is 5.41 Å². The Morgan fingerprint density at radius 1 is 1.42 bits per heavy atom. The first-order chi connectivity index (χ1) is 9.11. The third-order valence-electron chi connectivity index (χ3n) is 3.98. The Morgan fingerprint density at radius 3 is 2.47 bits per heavy atom. The number of anilines is 1. The summed E-state index contributed by atoms with van der Waals surface area (Å²) in [6, 6.07) is 8.03. The second-order valence-corrected chi connectivity index (χ2v) is 5.36. The van der Waals surface area contributed by atoms with Gasteiger partial charge >= 0.3 is 0 Å². The largest absolute Gasteiger partial charge is 0.379 e. The molecule has 1 atom stereocenters. The molecule has 1 aliphatic rings. The van der Waals surface area contributed by atoms with Crippen LogP contribution < -0.4 is 11.1 Å². The second kappa shape index (κ2) is 5.72. The van der Waals surface area contributed by atoms with Gasteiger partial charge < -0.3 is 15.8 Å². The summed E-state index contributed by atoms with van der Waals surface area (Å²) in [5.41, 5.74) is 7.24. The first kappa shape index (κ1) is 14.0. The Kier molecular flexibility index (Phi) is 4.22. The van der Waals surface area contributed by atoms with Crippen LogP contribution in [0.1, 0.15) is 31.7 Å². The molecule has 0 saturated carbocycles. The van der Waals surface area contributed by atoms with E-state index in [9.17, 15) is 4.79 Å². The molecule has 4 heteroatoms. The predicted octanol–water partition coefficient (Wildman–Crippen LogP) is 2.11. The molecule has 0 radical (unpaired) electrons. The van der Waals surface area contributed by atoms with Crippen LogP contribution in [0.5, 0.6) is 0 Å². The number of carbonyl (C=O) groups excluding carboxylic acids is 1. The van der Waals surface area contributed by atoms with Crippen molar-refractivity contribution in [3.8, 4) is 0 Å². The zero-order chi connectivity index (χ0) is 13.9. The van der Waals surface area contributed by atoms with Crippen molar-refractivity contribution in [2.45, 2.75) is 26.2 Å². The highest BCUT2D eigenvalue weighted by Gasteiger charge is 2.44. The van der Waals surface area contributed by atoms with Gasteiger partial charge in [0.2, 0.25) is 5.91 Å². The zero-order valence-electron chi connectivity index (χ0n) is 11.6. The third-order valence-corrected chi connectivity index (χ3v) is 3.98. The molecule has 0 bridgehead atoms. The molecule has 1 aromatic rings. The van der Waals surface area contributed by atoms with E-state index in [4.69, 9.17) is 10.5 Å². The van der Waals surface area contributed by atoms with E-state index in [0.29, 0.717) is 25.7 Å². The summed E-state index contributed by atoms with van der Waals surface area (Å²) in [4.78, 5) is 12.2. The molecule has 1 fully saturated rings. The van der Waals surface area contributed by atoms with Gasteiger partial charge in [0, 0.05) is 12.2 Å². The van der Waals surface area contributed by atoms with Gasteiger partial charge in [-0.3, -0.25) is 4.79 Å². The number of benzene rings is 1. The minimum absolute atomic E-state index is 0.0439. The normalized spacial score (nSPS) is 18.5. The number of ether oxygens (including phenoxy) is 1. The lowest BCUT2D eigenvalue weighted by Gasteiger charge is -2.38. The van der Waals surface area contributed by atoms with Crippen LogP contribution in [0.15, 0.2) is 24.3 Å². The van der Waals surface area contributed by atoms with Crippen molar-refractivity contribution >= 4 is 11.6 Å². The quantitative estimate of drug-likeness (QED) is 0.854. The molecule has 2 rings (SSSR count). The highest BCUT2D eigenvalue weighted by molar-refractivity contribution is 5.96. The number of rotatable bonds is 5. The Morgan fingerprint density at radius 2 is 2.05 bits per heavy atom. The smallest absolute Gasteiger partial charge is 0.236 e. The lowest BCUT2D eigenvalue weighted by Crippen LogP contribution is -2.56. The molecule has 1 heterocycles. The zero-order valence-corrected chi connectivity index (χ0v) is 11.6. The summed E-state index contributed by atoms with van der Waals surface area (Å²) in [5, 5.41) is 2.92. The van der Waals surface area contributed by atoms with Crippen molar-refractivity contribution < 1.29 is 9.53 Å². The van der Waals surface area contributed by atoms with E-state index >= 15 is 0 Å². The number of carbonyl (C=O) groups is 1. The summed E-state index contributed by atoms with van der Waals surface area (Å²) in [6.45, 7) is 5.52. The first-order valence-corrected chi connectivity index (χ1v) is 6.80. The molecule has 1 saturated heterocycles. The maximum absolute atomic E-state index is 12.2. The van der Waals surface area contributed by atoms with Gasteiger partial charge in [-0.2, -0.15) is 0 Å². The van der Waals surface area contributed by atoms with Gasteiger partial charge in [-0.1, -0.05) is 26.0 Å². The number of hydrogen-bond donors (Lipinski definition) is 2. The van der Waals surface area contributed by atoms with Gasteiger partial charge in [0.05, 0.1) is 13.2 Å². The average molecular weight is 262 g/mol. The molecule has 104 valence electrons. The SMILES string of the molecule is CCC(C)c1ccc(NC(=O)C2(CN)COC2)cc1. The maximum atomic E-state index is 12.2. The van der Waals surface area contributed by atoms with Crippen molar-refractivity contribution in [1.82, 2.24) is 0 Å². The van der Waals surface area contributed by atoms with Crippen LogP contribution in [-0.2, 0) is 9.53 Å². The molecule has 19 heavy (non-hydrogen) atoms. The van der Waals surface area contributed by atoms with E-state index in [1.54, 1.807) is 0 Å². The molecular weight excluding hydrogens is 240 g/mol. The fourth-order valence-electron chi connectivity index (χ4n) is 2.08. The molecule has 3 N–H and O–H groups in total. The van der Waals surface area contributed by atoms with Crippen LogP contribution in [0.25, 0.3) is 0 Å². The van der Waals surface area contributed by atoms with Crippen molar-refractivity contribution in [1.29, 1.82) is 0 Å². The Balaban J connectivity index is 2.01. The van der Waals surface area contributed by atoms with Gasteiger partial charge in [0.25, 0.3) is 0 Å². The van der Waals surface area contributed by atoms with Gasteiger partial charge in [-0.25, -0.2) is 0 Å². The van der Waals surface area contributed by atoms with Crippen molar-refractivity contribution in [2.75, 3.05) is 25.1 Å². The minimum atomic E-state index is -0.532.